The SMILES string of the molecule is CC(C)NCC1=NC(CC(C)N2CCC(C(N)=O)CC2)CS1. The van der Waals surface area contributed by atoms with Gasteiger partial charge in [-0.05, 0) is 39.3 Å². The normalized spacial score (nSPS) is 25.5. The number of piperidine rings is 1. The average molecular weight is 327 g/mol. The lowest BCUT2D eigenvalue weighted by Crippen LogP contribution is -2.43. The molecule has 0 bridgehead atoms. The van der Waals surface area contributed by atoms with Crippen molar-refractivity contribution < 1.29 is 4.79 Å². The molecule has 2 atom stereocenters. The lowest BCUT2D eigenvalue weighted by molar-refractivity contribution is -0.123. The number of carbonyl (C=O) groups is 1. The summed E-state index contributed by atoms with van der Waals surface area (Å²) >= 11 is 1.89. The van der Waals surface area contributed by atoms with E-state index in [0.717, 1.165) is 44.6 Å². The minimum absolute atomic E-state index is 0.0808. The van der Waals surface area contributed by atoms with Crippen LogP contribution in [-0.4, -0.2) is 59.4 Å². The maximum absolute atomic E-state index is 11.2. The molecule has 5 nitrogen and oxygen atoms in total. The molecule has 2 heterocycles. The lowest BCUT2D eigenvalue weighted by Gasteiger charge is -2.35. The molecule has 2 aliphatic heterocycles. The van der Waals surface area contributed by atoms with Gasteiger partial charge in [0.1, 0.15) is 0 Å². The highest BCUT2D eigenvalue weighted by molar-refractivity contribution is 8.14. The average Bonchev–Trinajstić information content (AvgIpc) is 2.92. The number of aliphatic imine (C=N–C) groups is 1. The molecule has 1 fully saturated rings. The van der Waals surface area contributed by atoms with Gasteiger partial charge in [0.25, 0.3) is 0 Å². The summed E-state index contributed by atoms with van der Waals surface area (Å²) in [4.78, 5) is 18.6. The fraction of sp³-hybridized carbons (Fsp3) is 0.875. The van der Waals surface area contributed by atoms with Gasteiger partial charge in [0.2, 0.25) is 5.91 Å². The highest BCUT2D eigenvalue weighted by atomic mass is 32.2. The first-order valence-electron chi connectivity index (χ1n) is 8.42. The van der Waals surface area contributed by atoms with Crippen LogP contribution in [-0.2, 0) is 4.79 Å². The van der Waals surface area contributed by atoms with Crippen molar-refractivity contribution in [3.8, 4) is 0 Å². The monoisotopic (exact) mass is 326 g/mol. The van der Waals surface area contributed by atoms with E-state index in [2.05, 4.69) is 31.0 Å². The van der Waals surface area contributed by atoms with E-state index in [1.807, 2.05) is 11.8 Å². The number of nitrogens with two attached hydrogens (primary N) is 1. The van der Waals surface area contributed by atoms with E-state index in [9.17, 15) is 4.79 Å². The minimum Gasteiger partial charge on any atom is -0.369 e. The van der Waals surface area contributed by atoms with Crippen molar-refractivity contribution in [2.75, 3.05) is 25.4 Å². The van der Waals surface area contributed by atoms with Crippen molar-refractivity contribution in [1.82, 2.24) is 10.2 Å². The van der Waals surface area contributed by atoms with Gasteiger partial charge >= 0.3 is 0 Å². The van der Waals surface area contributed by atoms with Crippen molar-refractivity contribution >= 4 is 22.7 Å². The Kier molecular flexibility index (Phi) is 6.71. The molecule has 1 saturated heterocycles. The van der Waals surface area contributed by atoms with Crippen LogP contribution in [0.2, 0.25) is 0 Å². The number of amides is 1. The van der Waals surface area contributed by atoms with E-state index in [1.165, 1.54) is 5.04 Å². The van der Waals surface area contributed by atoms with Gasteiger partial charge in [0.15, 0.2) is 0 Å². The van der Waals surface area contributed by atoms with Gasteiger partial charge < -0.3 is 16.0 Å². The molecule has 0 saturated carbocycles. The number of hydrogen-bond acceptors (Lipinski definition) is 5. The Morgan fingerprint density at radius 2 is 2.09 bits per heavy atom. The number of carbonyl (C=O) groups excluding carboxylic acids is 1. The van der Waals surface area contributed by atoms with E-state index in [4.69, 9.17) is 10.7 Å². The number of nitrogens with one attached hydrogen (secondary N) is 1. The number of thioether (sulfide) groups is 1. The summed E-state index contributed by atoms with van der Waals surface area (Å²) in [6.45, 7) is 9.48. The Hall–Kier alpha value is -0.590. The highest BCUT2D eigenvalue weighted by Crippen LogP contribution is 2.25. The summed E-state index contributed by atoms with van der Waals surface area (Å²) in [6, 6.07) is 1.48. The van der Waals surface area contributed by atoms with Crippen molar-refractivity contribution in [3.63, 3.8) is 0 Å². The Labute approximate surface area is 138 Å². The molecule has 0 aromatic heterocycles. The minimum atomic E-state index is -0.133. The lowest BCUT2D eigenvalue weighted by atomic mass is 9.94. The molecule has 2 unspecified atom stereocenters. The molecule has 2 rings (SSSR count). The van der Waals surface area contributed by atoms with Crippen LogP contribution in [0.1, 0.15) is 40.0 Å². The maximum atomic E-state index is 11.2. The molecule has 0 radical (unpaired) electrons. The highest BCUT2D eigenvalue weighted by Gasteiger charge is 2.28. The summed E-state index contributed by atoms with van der Waals surface area (Å²) in [5.41, 5.74) is 5.40. The second-order valence-electron chi connectivity index (χ2n) is 6.82. The number of primary amides is 1. The zero-order chi connectivity index (χ0) is 16.1. The van der Waals surface area contributed by atoms with E-state index >= 15 is 0 Å². The summed E-state index contributed by atoms with van der Waals surface area (Å²) in [5, 5.41) is 4.68. The first kappa shape index (κ1) is 17.8. The summed E-state index contributed by atoms with van der Waals surface area (Å²) in [6.07, 6.45) is 2.93. The van der Waals surface area contributed by atoms with E-state index in [0.29, 0.717) is 18.1 Å². The molecule has 126 valence electrons. The fourth-order valence-electron chi connectivity index (χ4n) is 3.15. The number of likely N-dealkylation sites (tertiary alicyclic amines) is 1. The van der Waals surface area contributed by atoms with Crippen LogP contribution in [0.4, 0.5) is 0 Å². The third kappa shape index (κ3) is 5.25. The topological polar surface area (TPSA) is 70.7 Å². The summed E-state index contributed by atoms with van der Waals surface area (Å²) < 4.78 is 0. The largest absolute Gasteiger partial charge is 0.369 e. The second kappa shape index (κ2) is 8.31. The molecule has 3 N–H and O–H groups in total. The molecule has 1 amide bonds. The predicted octanol–water partition coefficient (Wildman–Crippen LogP) is 1.47. The van der Waals surface area contributed by atoms with E-state index in [-0.39, 0.29) is 11.8 Å². The molecule has 0 aromatic rings. The van der Waals surface area contributed by atoms with Crippen molar-refractivity contribution in [3.05, 3.63) is 0 Å². The summed E-state index contributed by atoms with van der Waals surface area (Å²) in [7, 11) is 0. The van der Waals surface area contributed by atoms with Gasteiger partial charge in [0.05, 0.1) is 11.1 Å². The smallest absolute Gasteiger partial charge is 0.220 e. The molecule has 0 aliphatic carbocycles. The third-order valence-corrected chi connectivity index (χ3v) is 5.73. The zero-order valence-electron chi connectivity index (χ0n) is 14.0. The molecular weight excluding hydrogens is 296 g/mol. The Balaban J connectivity index is 1.74. The summed E-state index contributed by atoms with van der Waals surface area (Å²) in [5.74, 6) is 1.06. The molecular formula is C16H30N4OS. The van der Waals surface area contributed by atoms with Crippen molar-refractivity contribution in [1.29, 1.82) is 0 Å². The molecule has 2 aliphatic rings. The van der Waals surface area contributed by atoms with Gasteiger partial charge in [-0.1, -0.05) is 13.8 Å². The Bertz CT molecular complexity index is 405. The van der Waals surface area contributed by atoms with E-state index in [1.54, 1.807) is 0 Å². The molecule has 0 aromatic carbocycles. The van der Waals surface area contributed by atoms with Crippen LogP contribution in [0.25, 0.3) is 0 Å². The predicted molar refractivity (Wildman–Crippen MR) is 94.4 cm³/mol. The number of hydrogen-bond donors (Lipinski definition) is 2. The first-order valence-corrected chi connectivity index (χ1v) is 9.40. The van der Waals surface area contributed by atoms with Gasteiger partial charge in [-0.25, -0.2) is 0 Å². The maximum Gasteiger partial charge on any atom is 0.220 e. The van der Waals surface area contributed by atoms with Crippen molar-refractivity contribution in [2.24, 2.45) is 16.6 Å². The van der Waals surface area contributed by atoms with Crippen LogP contribution in [0.15, 0.2) is 4.99 Å². The van der Waals surface area contributed by atoms with Crippen molar-refractivity contribution in [2.45, 2.75) is 58.2 Å². The first-order chi connectivity index (χ1) is 10.5. The van der Waals surface area contributed by atoms with Crippen LogP contribution >= 0.6 is 11.8 Å². The van der Waals surface area contributed by atoms with E-state index < -0.39 is 0 Å². The van der Waals surface area contributed by atoms with Crippen LogP contribution < -0.4 is 11.1 Å². The van der Waals surface area contributed by atoms with Gasteiger partial charge in [-0.3, -0.25) is 9.79 Å². The quantitative estimate of drug-likeness (QED) is 0.743. The Morgan fingerprint density at radius 1 is 1.41 bits per heavy atom. The second-order valence-corrected chi connectivity index (χ2v) is 7.91. The number of nitrogens with zero attached hydrogens (tertiary/aromatic N) is 2. The number of rotatable bonds is 7. The van der Waals surface area contributed by atoms with Crippen LogP contribution in [0.5, 0.6) is 0 Å². The molecule has 22 heavy (non-hydrogen) atoms. The Morgan fingerprint density at radius 3 is 2.68 bits per heavy atom. The molecule has 6 heteroatoms. The molecule has 0 spiro atoms. The third-order valence-electron chi connectivity index (χ3n) is 4.60. The zero-order valence-corrected chi connectivity index (χ0v) is 14.9. The van der Waals surface area contributed by atoms with Crippen LogP contribution in [0.3, 0.4) is 0 Å². The van der Waals surface area contributed by atoms with Gasteiger partial charge in [-0.2, -0.15) is 0 Å². The van der Waals surface area contributed by atoms with Gasteiger partial charge in [-0.15, -0.1) is 11.8 Å². The standard InChI is InChI=1S/C16H30N4OS/c1-11(2)18-9-15-19-14(10-22-15)8-12(3)20-6-4-13(5-7-20)16(17)21/h11-14,18H,4-10H2,1-3H3,(H2,17,21). The van der Waals surface area contributed by atoms with Gasteiger partial charge in [0, 0.05) is 30.3 Å². The fourth-order valence-corrected chi connectivity index (χ4v) is 4.15. The van der Waals surface area contributed by atoms with Crippen LogP contribution in [0, 0.1) is 5.92 Å².